The molecular weight excluding hydrogens is 236 g/mol. The fourth-order valence-electron chi connectivity index (χ4n) is 2.00. The van der Waals surface area contributed by atoms with Crippen molar-refractivity contribution in [3.63, 3.8) is 0 Å². The highest BCUT2D eigenvalue weighted by Gasteiger charge is 2.11. The lowest BCUT2D eigenvalue weighted by molar-refractivity contribution is 0.394. The zero-order valence-corrected chi connectivity index (χ0v) is 11.7. The molecule has 1 heterocycles. The van der Waals surface area contributed by atoms with E-state index in [1.54, 1.807) is 0 Å². The molecule has 0 bridgehead atoms. The van der Waals surface area contributed by atoms with E-state index in [-0.39, 0.29) is 6.04 Å². The molecule has 0 amide bonds. The number of benzene rings is 1. The van der Waals surface area contributed by atoms with Crippen molar-refractivity contribution in [3.8, 4) is 0 Å². The SMILES string of the molecule is CCCNC(C)c1ncc(CCc2ccccc2)o1. The number of aromatic nitrogens is 1. The predicted molar refractivity (Wildman–Crippen MR) is 77.1 cm³/mol. The molecule has 2 aromatic rings. The summed E-state index contributed by atoms with van der Waals surface area (Å²) in [6.45, 7) is 5.23. The van der Waals surface area contributed by atoms with Crippen LogP contribution >= 0.6 is 0 Å². The van der Waals surface area contributed by atoms with E-state index in [0.717, 1.165) is 37.5 Å². The minimum Gasteiger partial charge on any atom is -0.444 e. The fourth-order valence-corrected chi connectivity index (χ4v) is 2.00. The van der Waals surface area contributed by atoms with E-state index in [1.807, 2.05) is 12.3 Å². The molecule has 0 saturated carbocycles. The Hall–Kier alpha value is -1.61. The Kier molecular flexibility index (Phi) is 5.16. The number of oxazole rings is 1. The summed E-state index contributed by atoms with van der Waals surface area (Å²) in [4.78, 5) is 4.35. The molecule has 0 radical (unpaired) electrons. The molecule has 19 heavy (non-hydrogen) atoms. The number of aryl methyl sites for hydroxylation is 2. The smallest absolute Gasteiger partial charge is 0.211 e. The quantitative estimate of drug-likeness (QED) is 0.825. The van der Waals surface area contributed by atoms with Gasteiger partial charge >= 0.3 is 0 Å². The first-order chi connectivity index (χ1) is 9.29. The van der Waals surface area contributed by atoms with Gasteiger partial charge in [0.15, 0.2) is 0 Å². The first-order valence-electron chi connectivity index (χ1n) is 7.01. The second kappa shape index (κ2) is 7.10. The normalized spacial score (nSPS) is 12.5. The van der Waals surface area contributed by atoms with Crippen LogP contribution < -0.4 is 5.32 Å². The van der Waals surface area contributed by atoms with Gasteiger partial charge in [-0.2, -0.15) is 0 Å². The van der Waals surface area contributed by atoms with Crippen molar-refractivity contribution >= 4 is 0 Å². The highest BCUT2D eigenvalue weighted by Crippen LogP contribution is 2.14. The van der Waals surface area contributed by atoms with Crippen LogP contribution in [0.5, 0.6) is 0 Å². The standard InChI is InChI=1S/C16H22N2O/c1-3-11-17-13(2)16-18-12-15(19-16)10-9-14-7-5-4-6-8-14/h4-8,12-13,17H,3,9-11H2,1-2H3. The van der Waals surface area contributed by atoms with Crippen LogP contribution in [0.1, 0.15) is 43.5 Å². The Morgan fingerprint density at radius 1 is 1.21 bits per heavy atom. The minimum absolute atomic E-state index is 0.186. The van der Waals surface area contributed by atoms with Crippen molar-refractivity contribution in [3.05, 3.63) is 53.7 Å². The molecule has 0 aliphatic heterocycles. The van der Waals surface area contributed by atoms with Crippen molar-refractivity contribution < 1.29 is 4.42 Å². The topological polar surface area (TPSA) is 38.1 Å². The van der Waals surface area contributed by atoms with Crippen molar-refractivity contribution in [2.24, 2.45) is 0 Å². The van der Waals surface area contributed by atoms with E-state index in [2.05, 4.69) is 48.4 Å². The number of nitrogens with zero attached hydrogens (tertiary/aromatic N) is 1. The van der Waals surface area contributed by atoms with Crippen LogP contribution in [0.4, 0.5) is 0 Å². The largest absolute Gasteiger partial charge is 0.444 e. The predicted octanol–water partition coefficient (Wildman–Crippen LogP) is 3.52. The molecule has 3 nitrogen and oxygen atoms in total. The van der Waals surface area contributed by atoms with E-state index in [0.29, 0.717) is 0 Å². The maximum Gasteiger partial charge on any atom is 0.211 e. The van der Waals surface area contributed by atoms with Crippen LogP contribution in [-0.2, 0) is 12.8 Å². The second-order valence-corrected chi connectivity index (χ2v) is 4.83. The summed E-state index contributed by atoms with van der Waals surface area (Å²) in [5.41, 5.74) is 1.33. The van der Waals surface area contributed by atoms with Gasteiger partial charge in [0.2, 0.25) is 5.89 Å². The van der Waals surface area contributed by atoms with Gasteiger partial charge in [0.25, 0.3) is 0 Å². The highest BCUT2D eigenvalue weighted by atomic mass is 16.4. The van der Waals surface area contributed by atoms with E-state index in [9.17, 15) is 0 Å². The third kappa shape index (κ3) is 4.21. The van der Waals surface area contributed by atoms with Crippen molar-refractivity contribution in [1.29, 1.82) is 0 Å². The lowest BCUT2D eigenvalue weighted by Crippen LogP contribution is -2.19. The molecule has 1 aromatic heterocycles. The van der Waals surface area contributed by atoms with Gasteiger partial charge < -0.3 is 9.73 Å². The molecule has 1 N–H and O–H groups in total. The van der Waals surface area contributed by atoms with Gasteiger partial charge in [0, 0.05) is 6.42 Å². The Labute approximate surface area is 115 Å². The van der Waals surface area contributed by atoms with Gasteiger partial charge in [0.1, 0.15) is 5.76 Å². The lowest BCUT2D eigenvalue weighted by Gasteiger charge is -2.08. The van der Waals surface area contributed by atoms with Crippen LogP contribution in [-0.4, -0.2) is 11.5 Å². The molecule has 0 fully saturated rings. The summed E-state index contributed by atoms with van der Waals surface area (Å²) in [6.07, 6.45) is 4.86. The summed E-state index contributed by atoms with van der Waals surface area (Å²) in [5, 5.41) is 3.38. The molecule has 0 aliphatic rings. The monoisotopic (exact) mass is 258 g/mol. The Morgan fingerprint density at radius 2 is 2.00 bits per heavy atom. The van der Waals surface area contributed by atoms with Gasteiger partial charge in [-0.3, -0.25) is 0 Å². The summed E-state index contributed by atoms with van der Waals surface area (Å²) in [5.74, 6) is 1.75. The Morgan fingerprint density at radius 3 is 2.74 bits per heavy atom. The summed E-state index contributed by atoms with van der Waals surface area (Å²) in [7, 11) is 0. The average Bonchev–Trinajstić information content (AvgIpc) is 2.92. The van der Waals surface area contributed by atoms with E-state index >= 15 is 0 Å². The third-order valence-corrected chi connectivity index (χ3v) is 3.15. The average molecular weight is 258 g/mol. The minimum atomic E-state index is 0.186. The van der Waals surface area contributed by atoms with Gasteiger partial charge in [-0.05, 0) is 31.9 Å². The zero-order chi connectivity index (χ0) is 13.5. The molecule has 1 atom stereocenters. The van der Waals surface area contributed by atoms with Crippen LogP contribution in [0.3, 0.4) is 0 Å². The molecule has 102 valence electrons. The van der Waals surface area contributed by atoms with E-state index in [1.165, 1.54) is 5.56 Å². The molecule has 2 rings (SSSR count). The number of hydrogen-bond acceptors (Lipinski definition) is 3. The van der Waals surface area contributed by atoms with Gasteiger partial charge in [-0.25, -0.2) is 4.98 Å². The molecule has 0 saturated heterocycles. The van der Waals surface area contributed by atoms with E-state index < -0.39 is 0 Å². The second-order valence-electron chi connectivity index (χ2n) is 4.83. The van der Waals surface area contributed by atoms with Crippen LogP contribution in [0.25, 0.3) is 0 Å². The van der Waals surface area contributed by atoms with Gasteiger partial charge in [0.05, 0.1) is 12.2 Å². The Bertz CT molecular complexity index is 479. The van der Waals surface area contributed by atoms with Gasteiger partial charge in [-0.15, -0.1) is 0 Å². The summed E-state index contributed by atoms with van der Waals surface area (Å²) < 4.78 is 5.79. The lowest BCUT2D eigenvalue weighted by atomic mass is 10.1. The van der Waals surface area contributed by atoms with E-state index in [4.69, 9.17) is 4.42 Å². The number of nitrogens with one attached hydrogen (secondary N) is 1. The third-order valence-electron chi connectivity index (χ3n) is 3.15. The Balaban J connectivity index is 1.87. The fraction of sp³-hybridized carbons (Fsp3) is 0.438. The molecular formula is C16H22N2O. The number of hydrogen-bond donors (Lipinski definition) is 1. The highest BCUT2D eigenvalue weighted by molar-refractivity contribution is 5.15. The van der Waals surface area contributed by atoms with Crippen LogP contribution in [0.15, 0.2) is 40.9 Å². The molecule has 3 heteroatoms. The maximum atomic E-state index is 5.79. The molecule has 1 unspecified atom stereocenters. The maximum absolute atomic E-state index is 5.79. The summed E-state index contributed by atoms with van der Waals surface area (Å²) in [6, 6.07) is 10.6. The zero-order valence-electron chi connectivity index (χ0n) is 11.7. The van der Waals surface area contributed by atoms with Crippen molar-refractivity contribution in [2.45, 2.75) is 39.2 Å². The molecule has 1 aromatic carbocycles. The molecule has 0 aliphatic carbocycles. The van der Waals surface area contributed by atoms with Crippen LogP contribution in [0.2, 0.25) is 0 Å². The summed E-state index contributed by atoms with van der Waals surface area (Å²) >= 11 is 0. The number of rotatable bonds is 7. The van der Waals surface area contributed by atoms with Crippen molar-refractivity contribution in [2.75, 3.05) is 6.54 Å². The van der Waals surface area contributed by atoms with Crippen LogP contribution in [0, 0.1) is 0 Å². The first-order valence-corrected chi connectivity index (χ1v) is 7.01. The van der Waals surface area contributed by atoms with Gasteiger partial charge in [-0.1, -0.05) is 37.3 Å². The molecule has 0 spiro atoms. The van der Waals surface area contributed by atoms with Crippen molar-refractivity contribution in [1.82, 2.24) is 10.3 Å². The first kappa shape index (κ1) is 13.8.